The van der Waals surface area contributed by atoms with Gasteiger partial charge in [-0.2, -0.15) is 0 Å². The zero-order chi connectivity index (χ0) is 18.4. The maximum absolute atomic E-state index is 12.8. The Labute approximate surface area is 146 Å². The Morgan fingerprint density at radius 1 is 1.28 bits per heavy atom. The number of fused-ring (bicyclic) bond motifs is 1. The van der Waals surface area contributed by atoms with E-state index in [1.54, 1.807) is 0 Å². The average Bonchev–Trinajstić information content (AvgIpc) is 2.95. The molecule has 1 heterocycles. The predicted molar refractivity (Wildman–Crippen MR) is 94.1 cm³/mol. The van der Waals surface area contributed by atoms with Crippen molar-refractivity contribution in [3.8, 4) is 0 Å². The molecule has 134 valence electrons. The number of para-hydroxylation sites is 1. The Balaban J connectivity index is 2.26. The van der Waals surface area contributed by atoms with Gasteiger partial charge in [-0.05, 0) is 18.1 Å². The number of aromatic nitrogens is 1. The van der Waals surface area contributed by atoms with Gasteiger partial charge in [-0.25, -0.2) is 0 Å². The minimum Gasteiger partial charge on any atom is -0.480 e. The van der Waals surface area contributed by atoms with Gasteiger partial charge in [0.05, 0.1) is 0 Å². The Hall–Kier alpha value is -2.83. The van der Waals surface area contributed by atoms with Gasteiger partial charge in [-0.3, -0.25) is 14.4 Å². The second-order valence-electron chi connectivity index (χ2n) is 5.97. The topological polar surface area (TPSA) is 102 Å². The Morgan fingerprint density at radius 2 is 2.00 bits per heavy atom. The summed E-state index contributed by atoms with van der Waals surface area (Å²) in [4.78, 5) is 39.8. The van der Waals surface area contributed by atoms with Gasteiger partial charge in [0.1, 0.15) is 12.6 Å². The summed E-state index contributed by atoms with van der Waals surface area (Å²) in [6.45, 7) is 3.16. The summed E-state index contributed by atoms with van der Waals surface area (Å²) in [6.07, 6.45) is 2.75. The van der Waals surface area contributed by atoms with Crippen molar-refractivity contribution in [1.29, 1.82) is 0 Å². The molecule has 0 bridgehead atoms. The number of hydrogen-bond donors (Lipinski definition) is 3. The summed E-state index contributed by atoms with van der Waals surface area (Å²) in [6, 6.07) is 6.89. The van der Waals surface area contributed by atoms with Crippen LogP contribution in [0.1, 0.15) is 25.8 Å². The minimum atomic E-state index is -1.07. The van der Waals surface area contributed by atoms with E-state index in [2.05, 4.69) is 10.3 Å². The molecule has 0 radical (unpaired) electrons. The number of aliphatic carboxylic acids is 1. The van der Waals surface area contributed by atoms with Crippen LogP contribution in [0.5, 0.6) is 0 Å². The molecule has 7 nitrogen and oxygen atoms in total. The van der Waals surface area contributed by atoms with Gasteiger partial charge >= 0.3 is 5.97 Å². The van der Waals surface area contributed by atoms with Gasteiger partial charge < -0.3 is 20.3 Å². The van der Waals surface area contributed by atoms with Crippen LogP contribution in [-0.2, 0) is 20.8 Å². The van der Waals surface area contributed by atoms with E-state index in [-0.39, 0.29) is 18.4 Å². The average molecular weight is 345 g/mol. The zero-order valence-electron chi connectivity index (χ0n) is 14.4. The van der Waals surface area contributed by atoms with Crippen LogP contribution in [0.2, 0.25) is 0 Å². The Kier molecular flexibility index (Phi) is 6.16. The van der Waals surface area contributed by atoms with Crippen LogP contribution in [0.3, 0.4) is 0 Å². The molecule has 0 saturated heterocycles. The Bertz CT molecular complexity index is 769. The lowest BCUT2D eigenvalue weighted by molar-refractivity contribution is -0.145. The second kappa shape index (κ2) is 8.32. The first-order valence-electron chi connectivity index (χ1n) is 8.25. The van der Waals surface area contributed by atoms with Crippen molar-refractivity contribution in [2.24, 2.45) is 0 Å². The lowest BCUT2D eigenvalue weighted by Crippen LogP contribution is -2.50. The fourth-order valence-electron chi connectivity index (χ4n) is 2.89. The highest BCUT2D eigenvalue weighted by Crippen LogP contribution is 2.19. The number of hydrogen-bond acceptors (Lipinski definition) is 3. The molecule has 7 heteroatoms. The molecular formula is C18H23N3O4. The lowest BCUT2D eigenvalue weighted by Gasteiger charge is -2.26. The summed E-state index contributed by atoms with van der Waals surface area (Å²) < 4.78 is 0. The van der Waals surface area contributed by atoms with Crippen molar-refractivity contribution in [2.75, 3.05) is 13.1 Å². The van der Waals surface area contributed by atoms with E-state index in [9.17, 15) is 14.4 Å². The molecule has 0 aliphatic heterocycles. The highest BCUT2D eigenvalue weighted by Gasteiger charge is 2.27. The van der Waals surface area contributed by atoms with Gasteiger partial charge in [0.15, 0.2) is 0 Å². The number of aromatic amines is 1. The van der Waals surface area contributed by atoms with Gasteiger partial charge in [-0.1, -0.05) is 25.1 Å². The highest BCUT2D eigenvalue weighted by molar-refractivity contribution is 5.90. The smallest absolute Gasteiger partial charge is 0.323 e. The van der Waals surface area contributed by atoms with E-state index in [1.807, 2.05) is 37.4 Å². The van der Waals surface area contributed by atoms with Crippen molar-refractivity contribution in [3.05, 3.63) is 36.0 Å². The minimum absolute atomic E-state index is 0.294. The van der Waals surface area contributed by atoms with Gasteiger partial charge in [0.25, 0.3) is 0 Å². The van der Waals surface area contributed by atoms with Crippen molar-refractivity contribution < 1.29 is 19.5 Å². The SMILES string of the molecule is CCCN(CC(=O)O)C(=O)C(Cc1c[nH]c2ccccc12)NC(C)=O. The second-order valence-corrected chi connectivity index (χ2v) is 5.97. The largest absolute Gasteiger partial charge is 0.480 e. The third kappa shape index (κ3) is 4.82. The van der Waals surface area contributed by atoms with E-state index in [0.717, 1.165) is 16.5 Å². The molecule has 0 saturated carbocycles. The number of benzene rings is 1. The number of carbonyl (C=O) groups is 3. The molecule has 2 amide bonds. The monoisotopic (exact) mass is 345 g/mol. The molecule has 0 fully saturated rings. The summed E-state index contributed by atoms with van der Waals surface area (Å²) in [7, 11) is 0. The molecule has 3 N–H and O–H groups in total. The van der Waals surface area contributed by atoms with E-state index in [1.165, 1.54) is 11.8 Å². The predicted octanol–water partition coefficient (Wildman–Crippen LogP) is 1.54. The third-order valence-electron chi connectivity index (χ3n) is 3.91. The molecule has 1 atom stereocenters. The molecule has 25 heavy (non-hydrogen) atoms. The van der Waals surface area contributed by atoms with E-state index < -0.39 is 12.0 Å². The number of H-pyrrole nitrogens is 1. The van der Waals surface area contributed by atoms with E-state index in [0.29, 0.717) is 19.4 Å². The molecule has 0 spiro atoms. The summed E-state index contributed by atoms with van der Waals surface area (Å²) in [5.41, 5.74) is 1.84. The standard InChI is InChI=1S/C18H23N3O4/c1-3-8-21(11-17(23)24)18(25)16(20-12(2)22)9-13-10-19-15-7-5-4-6-14(13)15/h4-7,10,16,19H,3,8-9,11H2,1-2H3,(H,20,22)(H,23,24). The first kappa shape index (κ1) is 18.5. The van der Waals surface area contributed by atoms with Crippen LogP contribution < -0.4 is 5.32 Å². The molecule has 0 aliphatic rings. The molecule has 1 aromatic heterocycles. The normalized spacial score (nSPS) is 11.9. The first-order valence-corrected chi connectivity index (χ1v) is 8.25. The highest BCUT2D eigenvalue weighted by atomic mass is 16.4. The summed E-state index contributed by atoms with van der Waals surface area (Å²) in [5.74, 6) is -1.79. The Morgan fingerprint density at radius 3 is 2.64 bits per heavy atom. The molecular weight excluding hydrogens is 322 g/mol. The van der Waals surface area contributed by atoms with Crippen LogP contribution in [0, 0.1) is 0 Å². The number of carbonyl (C=O) groups excluding carboxylic acids is 2. The first-order chi connectivity index (χ1) is 11.9. The quantitative estimate of drug-likeness (QED) is 0.675. The molecule has 0 aliphatic carbocycles. The third-order valence-corrected chi connectivity index (χ3v) is 3.91. The zero-order valence-corrected chi connectivity index (χ0v) is 14.4. The molecule has 2 rings (SSSR count). The maximum atomic E-state index is 12.8. The van der Waals surface area contributed by atoms with Crippen molar-refractivity contribution in [1.82, 2.24) is 15.2 Å². The summed E-state index contributed by atoms with van der Waals surface area (Å²) in [5, 5.41) is 12.7. The van der Waals surface area contributed by atoms with Crippen LogP contribution >= 0.6 is 0 Å². The maximum Gasteiger partial charge on any atom is 0.323 e. The van der Waals surface area contributed by atoms with Crippen molar-refractivity contribution in [2.45, 2.75) is 32.7 Å². The van der Waals surface area contributed by atoms with Gasteiger partial charge in [-0.15, -0.1) is 0 Å². The van der Waals surface area contributed by atoms with Gasteiger partial charge in [0, 0.05) is 37.0 Å². The number of rotatable bonds is 8. The van der Waals surface area contributed by atoms with Gasteiger partial charge in [0.2, 0.25) is 11.8 Å². The van der Waals surface area contributed by atoms with Crippen molar-refractivity contribution >= 4 is 28.7 Å². The molecule has 1 aromatic carbocycles. The fourth-order valence-corrected chi connectivity index (χ4v) is 2.89. The number of carboxylic acid groups (broad SMARTS) is 1. The fraction of sp³-hybridized carbons (Fsp3) is 0.389. The van der Waals surface area contributed by atoms with Crippen LogP contribution in [-0.4, -0.2) is 51.9 Å². The van der Waals surface area contributed by atoms with Crippen LogP contribution in [0.15, 0.2) is 30.5 Å². The molecule has 2 aromatic rings. The van der Waals surface area contributed by atoms with Crippen LogP contribution in [0.25, 0.3) is 10.9 Å². The van der Waals surface area contributed by atoms with Crippen molar-refractivity contribution in [3.63, 3.8) is 0 Å². The number of nitrogens with zero attached hydrogens (tertiary/aromatic N) is 1. The summed E-state index contributed by atoms with van der Waals surface area (Å²) >= 11 is 0. The van der Waals surface area contributed by atoms with Crippen LogP contribution in [0.4, 0.5) is 0 Å². The number of nitrogens with one attached hydrogen (secondary N) is 2. The number of amides is 2. The lowest BCUT2D eigenvalue weighted by atomic mass is 10.0. The molecule has 1 unspecified atom stereocenters. The van der Waals surface area contributed by atoms with E-state index in [4.69, 9.17) is 5.11 Å². The number of carboxylic acids is 1. The van der Waals surface area contributed by atoms with E-state index >= 15 is 0 Å².